The molecule has 2 heterocycles. The fraction of sp³-hybridized carbons (Fsp3) is 0.0556. The predicted molar refractivity (Wildman–Crippen MR) is 94.2 cm³/mol. The van der Waals surface area contributed by atoms with E-state index in [1.165, 1.54) is 0 Å². The number of fused-ring (bicyclic) bond motifs is 2. The lowest BCUT2D eigenvalue weighted by atomic mass is 10.1. The summed E-state index contributed by atoms with van der Waals surface area (Å²) in [6.07, 6.45) is 3.26. The Kier molecular flexibility index (Phi) is 3.87. The lowest BCUT2D eigenvalue weighted by Crippen LogP contribution is -2.12. The summed E-state index contributed by atoms with van der Waals surface area (Å²) in [5.74, 6) is -0.511. The van der Waals surface area contributed by atoms with E-state index in [-0.39, 0.29) is 18.7 Å². The number of anilines is 1. The van der Waals surface area contributed by atoms with Crippen LogP contribution in [-0.2, 0) is 0 Å². The third-order valence-corrected chi connectivity index (χ3v) is 3.69. The minimum absolute atomic E-state index is 0. The van der Waals surface area contributed by atoms with Crippen molar-refractivity contribution in [3.05, 3.63) is 60.4 Å². The summed E-state index contributed by atoms with van der Waals surface area (Å²) in [4.78, 5) is 16.6. The molecule has 0 saturated carbocycles. The van der Waals surface area contributed by atoms with Gasteiger partial charge in [0, 0.05) is 22.7 Å². The maximum absolute atomic E-state index is 12.4. The molecule has 0 aliphatic heterocycles. The van der Waals surface area contributed by atoms with E-state index in [1.54, 1.807) is 36.7 Å². The molecule has 4 rings (SSSR count). The monoisotopic (exact) mass is 320 g/mol. The number of phenolic OH excluding ortho intramolecular Hbond substituents is 1. The van der Waals surface area contributed by atoms with Gasteiger partial charge in [0.25, 0.3) is 5.91 Å². The highest BCUT2D eigenvalue weighted by Gasteiger charge is 2.15. The van der Waals surface area contributed by atoms with Gasteiger partial charge in [-0.15, -0.1) is 0 Å². The van der Waals surface area contributed by atoms with Gasteiger partial charge in [-0.2, -0.15) is 5.10 Å². The van der Waals surface area contributed by atoms with Gasteiger partial charge in [-0.25, -0.2) is 0 Å². The molecule has 0 radical (unpaired) electrons. The van der Waals surface area contributed by atoms with Crippen molar-refractivity contribution in [1.29, 1.82) is 0 Å². The van der Waals surface area contributed by atoms with E-state index in [9.17, 15) is 9.90 Å². The van der Waals surface area contributed by atoms with Crippen molar-refractivity contribution >= 4 is 33.4 Å². The number of benzene rings is 2. The molecule has 0 unspecified atom stereocenters. The van der Waals surface area contributed by atoms with E-state index < -0.39 is 5.91 Å². The summed E-state index contributed by atoms with van der Waals surface area (Å²) in [6, 6.07) is 12.4. The summed E-state index contributed by atoms with van der Waals surface area (Å²) >= 11 is 0. The standard InChI is InChI=1S/C17H12N4O2.CH4/c22-16-13(5-3-10-2-1-7-18-15(10)16)17(23)20-12-4-6-14-11(8-12)9-19-21-14;/h1-9,22H,(H,19,21)(H,20,23);1H4. The van der Waals surface area contributed by atoms with Crippen molar-refractivity contribution < 1.29 is 9.90 Å². The third kappa shape index (κ3) is 2.54. The number of carbonyl (C=O) groups is 1. The van der Waals surface area contributed by atoms with E-state index >= 15 is 0 Å². The van der Waals surface area contributed by atoms with Crippen molar-refractivity contribution in [2.45, 2.75) is 7.43 Å². The quantitative estimate of drug-likeness (QED) is 0.525. The van der Waals surface area contributed by atoms with E-state index in [0.717, 1.165) is 16.3 Å². The van der Waals surface area contributed by atoms with Gasteiger partial charge in [0.2, 0.25) is 0 Å². The number of phenols is 1. The van der Waals surface area contributed by atoms with Gasteiger partial charge in [0.1, 0.15) is 5.52 Å². The second kappa shape index (κ2) is 6.00. The number of aromatic amines is 1. The zero-order valence-electron chi connectivity index (χ0n) is 11.9. The molecule has 0 bridgehead atoms. The Morgan fingerprint density at radius 1 is 1.12 bits per heavy atom. The van der Waals surface area contributed by atoms with Gasteiger partial charge in [-0.1, -0.05) is 19.6 Å². The molecule has 6 nitrogen and oxygen atoms in total. The molecule has 2 aromatic heterocycles. The normalized spacial score (nSPS) is 10.5. The van der Waals surface area contributed by atoms with E-state index in [1.807, 2.05) is 18.2 Å². The third-order valence-electron chi connectivity index (χ3n) is 3.69. The van der Waals surface area contributed by atoms with Crippen LogP contribution in [0.2, 0.25) is 0 Å². The van der Waals surface area contributed by atoms with Gasteiger partial charge < -0.3 is 10.4 Å². The number of hydrogen-bond acceptors (Lipinski definition) is 4. The Hall–Kier alpha value is -3.41. The average Bonchev–Trinajstić information content (AvgIpc) is 3.03. The average molecular weight is 320 g/mol. The maximum Gasteiger partial charge on any atom is 0.259 e. The molecule has 4 aromatic rings. The van der Waals surface area contributed by atoms with Crippen LogP contribution in [0.5, 0.6) is 5.75 Å². The summed E-state index contributed by atoms with van der Waals surface area (Å²) in [6.45, 7) is 0. The van der Waals surface area contributed by atoms with Crippen LogP contribution >= 0.6 is 0 Å². The Balaban J connectivity index is 0.00000169. The van der Waals surface area contributed by atoms with Gasteiger partial charge in [0.05, 0.1) is 17.3 Å². The second-order valence-electron chi connectivity index (χ2n) is 5.16. The first-order valence-electron chi connectivity index (χ1n) is 7.03. The minimum Gasteiger partial charge on any atom is -0.505 e. The maximum atomic E-state index is 12.4. The summed E-state index contributed by atoms with van der Waals surface area (Å²) in [5, 5.41) is 21.5. The second-order valence-corrected chi connectivity index (χ2v) is 5.16. The van der Waals surface area contributed by atoms with Gasteiger partial charge in [0.15, 0.2) is 5.75 Å². The molecule has 2 aromatic carbocycles. The number of nitrogens with one attached hydrogen (secondary N) is 2. The lowest BCUT2D eigenvalue weighted by Gasteiger charge is -2.08. The molecule has 1 amide bonds. The number of carbonyl (C=O) groups excluding carboxylic acids is 1. The minimum atomic E-state index is -0.391. The van der Waals surface area contributed by atoms with E-state index in [2.05, 4.69) is 20.5 Å². The number of rotatable bonds is 2. The number of amides is 1. The highest BCUT2D eigenvalue weighted by atomic mass is 16.3. The number of pyridine rings is 1. The summed E-state index contributed by atoms with van der Waals surface area (Å²) in [5.41, 5.74) is 2.11. The van der Waals surface area contributed by atoms with Gasteiger partial charge in [-0.3, -0.25) is 14.9 Å². The molecule has 6 heteroatoms. The number of H-pyrrole nitrogens is 1. The molecule has 0 aliphatic rings. The first-order chi connectivity index (χ1) is 11.2. The Morgan fingerprint density at radius 2 is 2.00 bits per heavy atom. The first-order valence-corrected chi connectivity index (χ1v) is 7.03. The van der Waals surface area contributed by atoms with E-state index in [0.29, 0.717) is 11.2 Å². The molecule has 0 fully saturated rings. The topological polar surface area (TPSA) is 90.9 Å². The fourth-order valence-electron chi connectivity index (χ4n) is 2.53. The van der Waals surface area contributed by atoms with Gasteiger partial charge >= 0.3 is 0 Å². The summed E-state index contributed by atoms with van der Waals surface area (Å²) < 4.78 is 0. The molecular weight excluding hydrogens is 304 g/mol. The van der Waals surface area contributed by atoms with Crippen molar-refractivity contribution in [3.63, 3.8) is 0 Å². The molecule has 0 spiro atoms. The Labute approximate surface area is 138 Å². The van der Waals surface area contributed by atoms with Crippen LogP contribution in [-0.4, -0.2) is 26.2 Å². The molecule has 3 N–H and O–H groups in total. The molecule has 120 valence electrons. The van der Waals surface area contributed by atoms with Crippen LogP contribution in [0.1, 0.15) is 17.8 Å². The Morgan fingerprint density at radius 3 is 2.88 bits per heavy atom. The largest absolute Gasteiger partial charge is 0.505 e. The van der Waals surface area contributed by atoms with Crippen molar-refractivity contribution in [3.8, 4) is 5.75 Å². The van der Waals surface area contributed by atoms with Crippen molar-refractivity contribution in [2.75, 3.05) is 5.32 Å². The zero-order chi connectivity index (χ0) is 15.8. The number of aromatic hydroxyl groups is 1. The number of nitrogens with zero attached hydrogens (tertiary/aromatic N) is 2. The molecule has 24 heavy (non-hydrogen) atoms. The SMILES string of the molecule is C.O=C(Nc1ccc2[nH]ncc2c1)c1ccc2cccnc2c1O. The Bertz CT molecular complexity index is 1040. The van der Waals surface area contributed by atoms with Crippen molar-refractivity contribution in [1.82, 2.24) is 15.2 Å². The lowest BCUT2D eigenvalue weighted by molar-refractivity contribution is 0.102. The van der Waals surface area contributed by atoms with Gasteiger partial charge in [-0.05, 0) is 30.3 Å². The zero-order valence-corrected chi connectivity index (χ0v) is 11.9. The predicted octanol–water partition coefficient (Wildman–Crippen LogP) is 3.71. The van der Waals surface area contributed by atoms with E-state index in [4.69, 9.17) is 0 Å². The molecule has 0 aliphatic carbocycles. The van der Waals surface area contributed by atoms with Crippen LogP contribution in [0.25, 0.3) is 21.8 Å². The van der Waals surface area contributed by atoms with Crippen LogP contribution in [0.3, 0.4) is 0 Å². The highest BCUT2D eigenvalue weighted by molar-refractivity contribution is 6.09. The van der Waals surface area contributed by atoms with Crippen LogP contribution in [0, 0.1) is 0 Å². The highest BCUT2D eigenvalue weighted by Crippen LogP contribution is 2.27. The smallest absolute Gasteiger partial charge is 0.259 e. The molecule has 0 saturated heterocycles. The molecular formula is C18H16N4O2. The van der Waals surface area contributed by atoms with Crippen molar-refractivity contribution in [2.24, 2.45) is 0 Å². The van der Waals surface area contributed by atoms with Crippen LogP contribution < -0.4 is 5.32 Å². The number of hydrogen-bond donors (Lipinski definition) is 3. The van der Waals surface area contributed by atoms with Crippen LogP contribution in [0.15, 0.2) is 54.9 Å². The molecule has 0 atom stereocenters. The number of aromatic nitrogens is 3. The first kappa shape index (κ1) is 15.5. The van der Waals surface area contributed by atoms with Crippen LogP contribution in [0.4, 0.5) is 5.69 Å². The summed E-state index contributed by atoms with van der Waals surface area (Å²) in [7, 11) is 0. The fourth-order valence-corrected chi connectivity index (χ4v) is 2.53.